The van der Waals surface area contributed by atoms with Crippen molar-refractivity contribution in [3.05, 3.63) is 29.3 Å². The highest BCUT2D eigenvalue weighted by Crippen LogP contribution is 2.44. The first-order chi connectivity index (χ1) is 12.0. The Morgan fingerprint density at radius 1 is 1.32 bits per heavy atom. The fourth-order valence-corrected chi connectivity index (χ4v) is 4.41. The maximum Gasteiger partial charge on any atom is 0.335 e. The van der Waals surface area contributed by atoms with Crippen LogP contribution in [0.1, 0.15) is 41.6 Å². The molecule has 3 atom stereocenters. The molecule has 1 aromatic carbocycles. The third-order valence-electron chi connectivity index (χ3n) is 5.89. The average Bonchev–Trinajstić information content (AvgIpc) is 2.99. The van der Waals surface area contributed by atoms with E-state index in [9.17, 15) is 9.90 Å². The minimum atomic E-state index is -0.923. The molecule has 0 bridgehead atoms. The van der Waals surface area contributed by atoms with Gasteiger partial charge in [-0.15, -0.1) is 0 Å². The molecular formula is C19H27NO5. The summed E-state index contributed by atoms with van der Waals surface area (Å²) in [7, 11) is 5.18. The number of ether oxygens (including phenoxy) is 3. The number of methoxy groups -OCH3 is 3. The second-order valence-corrected chi connectivity index (χ2v) is 6.97. The number of nitrogens with zero attached hydrogens (tertiary/aromatic N) is 1. The molecule has 1 aliphatic heterocycles. The third kappa shape index (κ3) is 3.38. The number of rotatable bonds is 6. The molecule has 0 spiro atoms. The lowest BCUT2D eigenvalue weighted by molar-refractivity contribution is -0.0947. The fraction of sp³-hybridized carbons (Fsp3) is 0.632. The molecule has 3 rings (SSSR count). The van der Waals surface area contributed by atoms with Crippen molar-refractivity contribution < 1.29 is 24.1 Å². The number of hydrogen-bond donors (Lipinski definition) is 1. The predicted octanol–water partition coefficient (Wildman–Crippen LogP) is 2.55. The Morgan fingerprint density at radius 3 is 2.76 bits per heavy atom. The van der Waals surface area contributed by atoms with E-state index < -0.39 is 5.97 Å². The molecule has 1 aliphatic carbocycles. The lowest BCUT2D eigenvalue weighted by Gasteiger charge is -2.43. The van der Waals surface area contributed by atoms with E-state index in [0.29, 0.717) is 6.54 Å². The van der Waals surface area contributed by atoms with Crippen molar-refractivity contribution in [1.29, 1.82) is 0 Å². The van der Waals surface area contributed by atoms with Crippen molar-refractivity contribution in [2.75, 3.05) is 27.9 Å². The van der Waals surface area contributed by atoms with Gasteiger partial charge in [-0.1, -0.05) is 0 Å². The zero-order valence-corrected chi connectivity index (χ0v) is 15.2. The van der Waals surface area contributed by atoms with Gasteiger partial charge in [-0.25, -0.2) is 4.79 Å². The summed E-state index contributed by atoms with van der Waals surface area (Å²) in [6, 6.07) is 5.30. The standard InChI is InChI=1S/C19H27NO5/c1-23-15-6-7-19(25-3)8-9-20(17(19)11-15)12-14-10-13(18(21)22)4-5-16(14)24-2/h4-5,10,15,17H,6-9,11-12H2,1-3H3,(H,21,22)/t15-,17+,19-/m1/s1. The number of carboxylic acid groups (broad SMARTS) is 1. The van der Waals surface area contributed by atoms with Crippen molar-refractivity contribution in [1.82, 2.24) is 4.90 Å². The maximum absolute atomic E-state index is 11.3. The highest BCUT2D eigenvalue weighted by atomic mass is 16.5. The van der Waals surface area contributed by atoms with E-state index in [1.54, 1.807) is 39.5 Å². The number of aromatic carboxylic acids is 1. The largest absolute Gasteiger partial charge is 0.496 e. The summed E-state index contributed by atoms with van der Waals surface area (Å²) in [6.45, 7) is 1.58. The summed E-state index contributed by atoms with van der Waals surface area (Å²) in [4.78, 5) is 13.7. The van der Waals surface area contributed by atoms with E-state index in [4.69, 9.17) is 14.2 Å². The first-order valence-corrected chi connectivity index (χ1v) is 8.75. The average molecular weight is 349 g/mol. The van der Waals surface area contributed by atoms with Gasteiger partial charge in [0.25, 0.3) is 0 Å². The molecule has 1 saturated carbocycles. The predicted molar refractivity (Wildman–Crippen MR) is 93.2 cm³/mol. The van der Waals surface area contributed by atoms with Crippen molar-refractivity contribution >= 4 is 5.97 Å². The minimum Gasteiger partial charge on any atom is -0.496 e. The highest BCUT2D eigenvalue weighted by molar-refractivity contribution is 5.88. The number of carbonyl (C=O) groups is 1. The van der Waals surface area contributed by atoms with Crippen molar-refractivity contribution in [3.8, 4) is 5.75 Å². The molecular weight excluding hydrogens is 322 g/mol. The summed E-state index contributed by atoms with van der Waals surface area (Å²) in [5, 5.41) is 9.28. The first kappa shape index (κ1) is 18.2. The lowest BCUT2D eigenvalue weighted by atomic mass is 9.79. The quantitative estimate of drug-likeness (QED) is 0.851. The van der Waals surface area contributed by atoms with Crippen molar-refractivity contribution in [3.63, 3.8) is 0 Å². The minimum absolute atomic E-state index is 0.118. The molecule has 25 heavy (non-hydrogen) atoms. The van der Waals surface area contributed by atoms with Crippen LogP contribution < -0.4 is 4.74 Å². The third-order valence-corrected chi connectivity index (χ3v) is 5.89. The molecule has 2 fully saturated rings. The van der Waals surface area contributed by atoms with Crippen LogP contribution >= 0.6 is 0 Å². The van der Waals surface area contributed by atoms with Gasteiger partial charge in [-0.2, -0.15) is 0 Å². The van der Waals surface area contributed by atoms with Crippen LogP contribution in [0, 0.1) is 0 Å². The molecule has 2 aliphatic rings. The molecule has 0 radical (unpaired) electrons. The van der Waals surface area contributed by atoms with Gasteiger partial charge in [0.05, 0.1) is 24.4 Å². The van der Waals surface area contributed by atoms with Crippen LogP contribution in [0.2, 0.25) is 0 Å². The Labute approximate surface area is 148 Å². The normalized spacial score (nSPS) is 29.4. The molecule has 1 N–H and O–H groups in total. The lowest BCUT2D eigenvalue weighted by Crippen LogP contribution is -2.51. The van der Waals surface area contributed by atoms with Crippen LogP contribution in [-0.4, -0.2) is 61.6 Å². The maximum atomic E-state index is 11.3. The molecule has 1 heterocycles. The van der Waals surface area contributed by atoms with Gasteiger partial charge < -0.3 is 19.3 Å². The molecule has 6 nitrogen and oxygen atoms in total. The number of fused-ring (bicyclic) bond motifs is 1. The molecule has 0 amide bonds. The Hall–Kier alpha value is -1.63. The smallest absolute Gasteiger partial charge is 0.335 e. The number of carboxylic acids is 1. The van der Waals surface area contributed by atoms with E-state index in [2.05, 4.69) is 4.90 Å². The number of likely N-dealkylation sites (tertiary alicyclic amines) is 1. The second kappa shape index (κ2) is 7.32. The summed E-state index contributed by atoms with van der Waals surface area (Å²) < 4.78 is 17.0. The summed E-state index contributed by atoms with van der Waals surface area (Å²) >= 11 is 0. The van der Waals surface area contributed by atoms with Gasteiger partial charge in [0.15, 0.2) is 0 Å². The van der Waals surface area contributed by atoms with Gasteiger partial charge in [0.1, 0.15) is 5.75 Å². The molecule has 6 heteroatoms. The van der Waals surface area contributed by atoms with Crippen LogP contribution in [0.3, 0.4) is 0 Å². The fourth-order valence-electron chi connectivity index (χ4n) is 4.41. The van der Waals surface area contributed by atoms with E-state index in [1.807, 2.05) is 0 Å². The van der Waals surface area contributed by atoms with Crippen LogP contribution in [0.15, 0.2) is 18.2 Å². The van der Waals surface area contributed by atoms with Crippen LogP contribution in [0.25, 0.3) is 0 Å². The van der Waals surface area contributed by atoms with Gasteiger partial charge in [-0.3, -0.25) is 4.90 Å². The first-order valence-electron chi connectivity index (χ1n) is 8.75. The molecule has 1 saturated heterocycles. The zero-order valence-electron chi connectivity index (χ0n) is 15.2. The van der Waals surface area contributed by atoms with E-state index in [-0.39, 0.29) is 23.3 Å². The number of benzene rings is 1. The molecule has 138 valence electrons. The number of hydrogen-bond acceptors (Lipinski definition) is 5. The summed E-state index contributed by atoms with van der Waals surface area (Å²) in [5.41, 5.74) is 1.06. The van der Waals surface area contributed by atoms with E-state index >= 15 is 0 Å². The summed E-state index contributed by atoms with van der Waals surface area (Å²) in [5.74, 6) is -0.201. The Kier molecular flexibility index (Phi) is 5.32. The van der Waals surface area contributed by atoms with Crippen molar-refractivity contribution in [2.45, 2.75) is 50.0 Å². The highest BCUT2D eigenvalue weighted by Gasteiger charge is 2.51. The second-order valence-electron chi connectivity index (χ2n) is 6.97. The zero-order chi connectivity index (χ0) is 18.0. The Morgan fingerprint density at radius 2 is 2.12 bits per heavy atom. The van der Waals surface area contributed by atoms with Crippen LogP contribution in [0.4, 0.5) is 0 Å². The van der Waals surface area contributed by atoms with E-state index in [0.717, 1.165) is 43.5 Å². The topological polar surface area (TPSA) is 68.2 Å². The monoisotopic (exact) mass is 349 g/mol. The molecule has 0 unspecified atom stereocenters. The van der Waals surface area contributed by atoms with Gasteiger partial charge in [0.2, 0.25) is 0 Å². The van der Waals surface area contributed by atoms with Gasteiger partial charge in [-0.05, 0) is 43.9 Å². The molecule has 1 aromatic rings. The Balaban J connectivity index is 1.85. The Bertz CT molecular complexity index is 634. The van der Waals surface area contributed by atoms with Crippen LogP contribution in [-0.2, 0) is 16.0 Å². The van der Waals surface area contributed by atoms with E-state index in [1.165, 1.54) is 0 Å². The summed E-state index contributed by atoms with van der Waals surface area (Å²) in [6.07, 6.45) is 4.19. The van der Waals surface area contributed by atoms with Crippen LogP contribution in [0.5, 0.6) is 5.75 Å². The van der Waals surface area contributed by atoms with Crippen molar-refractivity contribution in [2.24, 2.45) is 0 Å². The molecule has 0 aromatic heterocycles. The van der Waals surface area contributed by atoms with Gasteiger partial charge in [0, 0.05) is 38.9 Å². The SMILES string of the molecule is COc1ccc(C(=O)O)cc1CN1CC[C@]2(OC)CC[C@@H](OC)C[C@H]12. The van der Waals surface area contributed by atoms with Gasteiger partial charge >= 0.3 is 5.97 Å².